The molecule has 1 saturated heterocycles. The van der Waals surface area contributed by atoms with Crippen molar-refractivity contribution in [3.63, 3.8) is 0 Å². The highest BCUT2D eigenvalue weighted by Gasteiger charge is 2.28. The van der Waals surface area contributed by atoms with Crippen LogP contribution in [0.2, 0.25) is 0 Å². The first-order chi connectivity index (χ1) is 14.1. The van der Waals surface area contributed by atoms with Gasteiger partial charge in [0.05, 0.1) is 19.3 Å². The van der Waals surface area contributed by atoms with E-state index in [-0.39, 0.29) is 24.7 Å². The maximum atomic E-state index is 10.2. The number of aryl methyl sites for hydroxylation is 1. The Morgan fingerprint density at radius 2 is 1.90 bits per heavy atom. The zero-order chi connectivity index (χ0) is 20.2. The molecule has 2 aliphatic rings. The zero-order valence-corrected chi connectivity index (χ0v) is 17.2. The summed E-state index contributed by atoms with van der Waals surface area (Å²) in [5, 5.41) is 19.7. The van der Waals surface area contributed by atoms with Crippen LogP contribution in [0.3, 0.4) is 0 Å². The first-order valence-corrected chi connectivity index (χ1v) is 10.8. The molecule has 4 nitrogen and oxygen atoms in total. The van der Waals surface area contributed by atoms with Crippen LogP contribution in [0.4, 0.5) is 0 Å². The molecule has 1 heterocycles. The molecule has 0 spiro atoms. The van der Waals surface area contributed by atoms with Crippen LogP contribution in [0.1, 0.15) is 53.9 Å². The van der Waals surface area contributed by atoms with E-state index in [1.165, 1.54) is 22.3 Å². The van der Waals surface area contributed by atoms with Crippen LogP contribution in [-0.2, 0) is 11.2 Å². The highest BCUT2D eigenvalue weighted by Crippen LogP contribution is 2.37. The molecular formula is C25H32O4. The first kappa shape index (κ1) is 20.4. The molecule has 2 aromatic rings. The van der Waals surface area contributed by atoms with Gasteiger partial charge in [-0.15, -0.1) is 0 Å². The predicted octanol–water partition coefficient (Wildman–Crippen LogP) is 3.99. The van der Waals surface area contributed by atoms with Crippen LogP contribution in [0.15, 0.2) is 42.5 Å². The fourth-order valence-electron chi connectivity index (χ4n) is 4.67. The number of rotatable bonds is 6. The van der Waals surface area contributed by atoms with Crippen LogP contribution >= 0.6 is 0 Å². The Hall–Kier alpha value is -1.88. The summed E-state index contributed by atoms with van der Waals surface area (Å²) >= 11 is 0. The maximum Gasteiger partial charge on any atom is 0.124 e. The van der Waals surface area contributed by atoms with Gasteiger partial charge in [0.15, 0.2) is 0 Å². The van der Waals surface area contributed by atoms with E-state index in [1.807, 2.05) is 0 Å². The van der Waals surface area contributed by atoms with Crippen molar-refractivity contribution in [2.45, 2.75) is 57.2 Å². The Morgan fingerprint density at radius 3 is 2.62 bits per heavy atom. The summed E-state index contributed by atoms with van der Waals surface area (Å²) in [6.07, 6.45) is 4.16. The van der Waals surface area contributed by atoms with Crippen molar-refractivity contribution in [3.8, 4) is 5.75 Å². The molecule has 0 radical (unpaired) electrons. The van der Waals surface area contributed by atoms with Gasteiger partial charge in [0.2, 0.25) is 0 Å². The molecule has 1 aliphatic carbocycles. The predicted molar refractivity (Wildman–Crippen MR) is 113 cm³/mol. The summed E-state index contributed by atoms with van der Waals surface area (Å²) in [6.45, 7) is 3.78. The van der Waals surface area contributed by atoms with Crippen LogP contribution in [0, 0.1) is 12.8 Å². The molecule has 4 unspecified atom stereocenters. The summed E-state index contributed by atoms with van der Waals surface area (Å²) in [6, 6.07) is 15.1. The molecule has 1 aliphatic heterocycles. The van der Waals surface area contributed by atoms with Gasteiger partial charge >= 0.3 is 0 Å². The second kappa shape index (κ2) is 9.29. The minimum absolute atomic E-state index is 0.160. The lowest BCUT2D eigenvalue weighted by atomic mass is 9.76. The second-order valence-electron chi connectivity index (χ2n) is 8.72. The van der Waals surface area contributed by atoms with Crippen molar-refractivity contribution < 1.29 is 19.7 Å². The summed E-state index contributed by atoms with van der Waals surface area (Å²) in [4.78, 5) is 0. The molecule has 156 valence electrons. The lowest BCUT2D eigenvalue weighted by molar-refractivity contribution is 0.0650. The van der Waals surface area contributed by atoms with Gasteiger partial charge in [0.1, 0.15) is 11.9 Å². The fraction of sp³-hybridized carbons (Fsp3) is 0.520. The lowest BCUT2D eigenvalue weighted by Crippen LogP contribution is -2.27. The van der Waals surface area contributed by atoms with Gasteiger partial charge in [-0.3, -0.25) is 0 Å². The van der Waals surface area contributed by atoms with E-state index in [1.54, 1.807) is 0 Å². The zero-order valence-electron chi connectivity index (χ0n) is 17.2. The smallest absolute Gasteiger partial charge is 0.124 e. The van der Waals surface area contributed by atoms with E-state index in [9.17, 15) is 10.2 Å². The quantitative estimate of drug-likeness (QED) is 0.775. The third kappa shape index (κ3) is 5.19. The summed E-state index contributed by atoms with van der Waals surface area (Å²) < 4.78 is 11.3. The third-order valence-electron chi connectivity index (χ3n) is 6.39. The van der Waals surface area contributed by atoms with Gasteiger partial charge in [0.25, 0.3) is 0 Å². The average Bonchev–Trinajstić information content (AvgIpc) is 3.23. The van der Waals surface area contributed by atoms with Gasteiger partial charge in [-0.25, -0.2) is 0 Å². The number of hydrogen-bond acceptors (Lipinski definition) is 4. The second-order valence-corrected chi connectivity index (χ2v) is 8.72. The van der Waals surface area contributed by atoms with Crippen molar-refractivity contribution >= 4 is 0 Å². The molecule has 2 fully saturated rings. The summed E-state index contributed by atoms with van der Waals surface area (Å²) in [5.41, 5.74) is 5.15. The monoisotopic (exact) mass is 396 g/mol. The molecule has 4 atom stereocenters. The number of aliphatic hydroxyl groups excluding tert-OH is 2. The number of benzene rings is 2. The van der Waals surface area contributed by atoms with Gasteiger partial charge in [-0.2, -0.15) is 0 Å². The Labute approximate surface area is 173 Å². The minimum Gasteiger partial charge on any atom is -0.488 e. The maximum absolute atomic E-state index is 10.2. The van der Waals surface area contributed by atoms with Crippen molar-refractivity contribution in [2.24, 2.45) is 5.92 Å². The largest absolute Gasteiger partial charge is 0.488 e. The normalized spacial score (nSPS) is 27.1. The van der Waals surface area contributed by atoms with Crippen molar-refractivity contribution in [1.82, 2.24) is 0 Å². The number of ether oxygens (including phenoxy) is 2. The molecule has 0 amide bonds. The molecule has 1 saturated carbocycles. The van der Waals surface area contributed by atoms with E-state index in [0.717, 1.165) is 38.0 Å². The molecule has 4 rings (SSSR count). The lowest BCUT2D eigenvalue weighted by Gasteiger charge is -2.32. The Kier molecular flexibility index (Phi) is 6.53. The van der Waals surface area contributed by atoms with Crippen LogP contribution in [0.25, 0.3) is 0 Å². The number of aliphatic hydroxyl groups is 2. The van der Waals surface area contributed by atoms with Crippen molar-refractivity contribution in [2.75, 3.05) is 19.8 Å². The molecule has 2 aromatic carbocycles. The van der Waals surface area contributed by atoms with Gasteiger partial charge in [0, 0.05) is 13.0 Å². The van der Waals surface area contributed by atoms with Crippen LogP contribution < -0.4 is 4.74 Å². The molecule has 0 aromatic heterocycles. The van der Waals surface area contributed by atoms with Crippen molar-refractivity contribution in [1.29, 1.82) is 0 Å². The Bertz CT molecular complexity index is 795. The first-order valence-electron chi connectivity index (χ1n) is 10.8. The van der Waals surface area contributed by atoms with E-state index in [4.69, 9.17) is 9.47 Å². The fourth-order valence-corrected chi connectivity index (χ4v) is 4.67. The van der Waals surface area contributed by atoms with E-state index in [0.29, 0.717) is 18.9 Å². The standard InChI is InChI=1S/C25H32O4/c1-17-2-5-20(22-11-19(15-26)12-23(27)14-22)13-21(17)10-18-3-6-24(7-4-18)29-25-8-9-28-16-25/h2-7,13,19,22-23,25-27H,8-12,14-16H2,1H3. The topological polar surface area (TPSA) is 58.9 Å². The summed E-state index contributed by atoms with van der Waals surface area (Å²) in [7, 11) is 0. The average molecular weight is 397 g/mol. The highest BCUT2D eigenvalue weighted by molar-refractivity contribution is 5.38. The van der Waals surface area contributed by atoms with Crippen LogP contribution in [0.5, 0.6) is 5.75 Å². The van der Waals surface area contributed by atoms with Gasteiger partial charge in [-0.05, 0) is 78.8 Å². The molecule has 0 bridgehead atoms. The van der Waals surface area contributed by atoms with Gasteiger partial charge < -0.3 is 19.7 Å². The van der Waals surface area contributed by atoms with E-state index >= 15 is 0 Å². The minimum atomic E-state index is -0.312. The Morgan fingerprint density at radius 1 is 1.07 bits per heavy atom. The molecule has 29 heavy (non-hydrogen) atoms. The SMILES string of the molecule is Cc1ccc(C2CC(O)CC(CO)C2)cc1Cc1ccc(OC2CCOC2)cc1. The third-order valence-corrected chi connectivity index (χ3v) is 6.39. The molecule has 2 N–H and O–H groups in total. The molecular weight excluding hydrogens is 364 g/mol. The van der Waals surface area contributed by atoms with Crippen LogP contribution in [-0.4, -0.2) is 42.2 Å². The number of hydrogen-bond donors (Lipinski definition) is 2. The summed E-state index contributed by atoms with van der Waals surface area (Å²) in [5.74, 6) is 1.42. The van der Waals surface area contributed by atoms with E-state index in [2.05, 4.69) is 49.4 Å². The Balaban J connectivity index is 1.45. The molecule has 4 heteroatoms. The van der Waals surface area contributed by atoms with Gasteiger partial charge in [-0.1, -0.05) is 30.3 Å². The highest BCUT2D eigenvalue weighted by atomic mass is 16.5. The van der Waals surface area contributed by atoms with Crippen molar-refractivity contribution in [3.05, 3.63) is 64.7 Å². The van der Waals surface area contributed by atoms with E-state index < -0.39 is 0 Å².